The van der Waals surface area contributed by atoms with Gasteiger partial charge in [-0.15, -0.1) is 0 Å². The summed E-state index contributed by atoms with van der Waals surface area (Å²) in [5.74, 6) is -2.78. The van der Waals surface area contributed by atoms with Crippen molar-refractivity contribution in [2.75, 3.05) is 0 Å². The lowest BCUT2D eigenvalue weighted by Crippen LogP contribution is -2.42. The van der Waals surface area contributed by atoms with Crippen molar-refractivity contribution in [3.05, 3.63) is 28.6 Å². The highest BCUT2D eigenvalue weighted by Crippen LogP contribution is 2.43. The van der Waals surface area contributed by atoms with Gasteiger partial charge in [0, 0.05) is 4.91 Å². The quantitative estimate of drug-likeness (QED) is 0.282. The zero-order valence-electron chi connectivity index (χ0n) is 11.2. The van der Waals surface area contributed by atoms with Crippen LogP contribution in [0.5, 0.6) is 11.5 Å². The van der Waals surface area contributed by atoms with Crippen molar-refractivity contribution in [2.45, 2.75) is 24.6 Å². The maximum Gasteiger partial charge on any atom is 0.499 e. The number of rotatable bonds is 5. The smallest absolute Gasteiger partial charge is 0.426 e. The monoisotopic (exact) mass is 387 g/mol. The molecule has 0 aliphatic carbocycles. The Morgan fingerprint density at radius 2 is 1.28 bits per heavy atom. The second-order valence-electron chi connectivity index (χ2n) is 4.05. The lowest BCUT2D eigenvalue weighted by atomic mass is 10.3. The number of hydrogen-bond donors (Lipinski definition) is 0. The molecule has 0 saturated heterocycles. The highest BCUT2D eigenvalue weighted by molar-refractivity contribution is 5.55. The first-order valence-electron chi connectivity index (χ1n) is 5.57. The average Bonchev–Trinajstić information content (AvgIpc) is 2.39. The summed E-state index contributed by atoms with van der Waals surface area (Å²) in [6.45, 7) is 0. The van der Waals surface area contributed by atoms with E-state index in [-0.39, 0.29) is 18.2 Å². The molecule has 1 rings (SSSR count). The van der Waals surface area contributed by atoms with Gasteiger partial charge in [-0.3, -0.25) is 0 Å². The fourth-order valence-corrected chi connectivity index (χ4v) is 1.18. The SMILES string of the molecule is [N-]=[N+]=Nc1cc(OC(F)(F)C(F)(F)F)ccc1OC(F)(F)C(F)(F)F. The van der Waals surface area contributed by atoms with Gasteiger partial charge in [0.2, 0.25) is 0 Å². The molecule has 0 aromatic heterocycles. The molecule has 0 aliphatic rings. The highest BCUT2D eigenvalue weighted by Gasteiger charge is 2.62. The third-order valence-electron chi connectivity index (χ3n) is 2.23. The molecule has 0 heterocycles. The van der Waals surface area contributed by atoms with Crippen molar-refractivity contribution in [1.29, 1.82) is 0 Å². The number of alkyl halides is 10. The van der Waals surface area contributed by atoms with Crippen LogP contribution < -0.4 is 9.47 Å². The van der Waals surface area contributed by atoms with E-state index in [1.54, 1.807) is 0 Å². The molecule has 1 aromatic carbocycles. The van der Waals surface area contributed by atoms with Crippen LogP contribution in [0.15, 0.2) is 23.3 Å². The molecule has 0 bridgehead atoms. The number of hydrogen-bond acceptors (Lipinski definition) is 3. The number of nitrogens with zero attached hydrogens (tertiary/aromatic N) is 3. The van der Waals surface area contributed by atoms with E-state index in [0.29, 0.717) is 0 Å². The van der Waals surface area contributed by atoms with E-state index in [1.807, 2.05) is 4.91 Å². The zero-order chi connectivity index (χ0) is 19.7. The van der Waals surface area contributed by atoms with Crippen LogP contribution in [0.1, 0.15) is 0 Å². The van der Waals surface area contributed by atoms with Crippen molar-refractivity contribution in [3.63, 3.8) is 0 Å². The van der Waals surface area contributed by atoms with Crippen LogP contribution in [0.25, 0.3) is 10.4 Å². The molecule has 25 heavy (non-hydrogen) atoms. The molecule has 0 atom stereocenters. The minimum Gasteiger partial charge on any atom is -0.426 e. The number of halogens is 10. The molecule has 15 heteroatoms. The number of benzene rings is 1. The topological polar surface area (TPSA) is 67.2 Å². The molecule has 0 radical (unpaired) electrons. The predicted molar refractivity (Wildman–Crippen MR) is 58.5 cm³/mol. The second kappa shape index (κ2) is 6.38. The first-order chi connectivity index (χ1) is 11.1. The molecule has 0 amide bonds. The van der Waals surface area contributed by atoms with Gasteiger partial charge in [0.25, 0.3) is 0 Å². The minimum absolute atomic E-state index is 0.0567. The summed E-state index contributed by atoms with van der Waals surface area (Å²) in [7, 11) is 0. The van der Waals surface area contributed by atoms with Crippen LogP contribution in [0.3, 0.4) is 0 Å². The van der Waals surface area contributed by atoms with E-state index < -0.39 is 41.8 Å². The second-order valence-corrected chi connectivity index (χ2v) is 4.05. The Hall–Kier alpha value is -2.57. The zero-order valence-corrected chi connectivity index (χ0v) is 11.2. The predicted octanol–water partition coefficient (Wildman–Crippen LogP) is 5.70. The Morgan fingerprint density at radius 1 is 0.800 bits per heavy atom. The van der Waals surface area contributed by atoms with Crippen molar-refractivity contribution >= 4 is 5.69 Å². The van der Waals surface area contributed by atoms with Crippen LogP contribution >= 0.6 is 0 Å². The van der Waals surface area contributed by atoms with E-state index in [0.717, 1.165) is 0 Å². The third kappa shape index (κ3) is 4.71. The first-order valence-corrected chi connectivity index (χ1v) is 5.57. The van der Waals surface area contributed by atoms with Gasteiger partial charge in [-0.2, -0.15) is 43.9 Å². The molecule has 0 N–H and O–H groups in total. The maximum absolute atomic E-state index is 12.8. The Balaban J connectivity index is 3.23. The molecular weight excluding hydrogens is 384 g/mol. The molecule has 140 valence electrons. The minimum atomic E-state index is -6.18. The Kier molecular flexibility index (Phi) is 5.23. The van der Waals surface area contributed by atoms with E-state index >= 15 is 0 Å². The van der Waals surface area contributed by atoms with Crippen LogP contribution in [0, 0.1) is 0 Å². The van der Waals surface area contributed by atoms with Crippen molar-refractivity contribution in [1.82, 2.24) is 0 Å². The summed E-state index contributed by atoms with van der Waals surface area (Å²) in [6, 6.07) is 0.366. The van der Waals surface area contributed by atoms with Gasteiger partial charge < -0.3 is 9.47 Å². The molecule has 0 fully saturated rings. The van der Waals surface area contributed by atoms with Gasteiger partial charge in [-0.1, -0.05) is 5.11 Å². The van der Waals surface area contributed by atoms with Gasteiger partial charge in [0.1, 0.15) is 11.5 Å². The third-order valence-corrected chi connectivity index (χ3v) is 2.23. The summed E-state index contributed by atoms with van der Waals surface area (Å²) in [5.41, 5.74) is 6.93. The molecule has 0 aliphatic heterocycles. The van der Waals surface area contributed by atoms with Crippen molar-refractivity contribution in [3.8, 4) is 11.5 Å². The van der Waals surface area contributed by atoms with Gasteiger partial charge in [-0.25, -0.2) is 0 Å². The molecular formula is C10H3F10N3O2. The number of azide groups is 1. The average molecular weight is 387 g/mol. The fraction of sp³-hybridized carbons (Fsp3) is 0.400. The fourth-order valence-electron chi connectivity index (χ4n) is 1.18. The van der Waals surface area contributed by atoms with Crippen LogP contribution in [0.2, 0.25) is 0 Å². The lowest BCUT2D eigenvalue weighted by molar-refractivity contribution is -0.361. The molecule has 0 saturated carbocycles. The standard InChI is InChI=1S/C10H3F10N3O2/c11-7(12,13)9(17,18)24-4-1-2-6(5(3-4)22-23-21)25-10(19,20)8(14,15)16/h1-3H. The summed E-state index contributed by atoms with van der Waals surface area (Å²) >= 11 is 0. The van der Waals surface area contributed by atoms with Crippen molar-refractivity contribution in [2.24, 2.45) is 5.11 Å². The van der Waals surface area contributed by atoms with Crippen LogP contribution in [0.4, 0.5) is 49.6 Å². The van der Waals surface area contributed by atoms with E-state index in [9.17, 15) is 43.9 Å². The summed E-state index contributed by atoms with van der Waals surface area (Å²) in [4.78, 5) is 2.00. The molecule has 0 spiro atoms. The van der Waals surface area contributed by atoms with E-state index in [2.05, 4.69) is 14.6 Å². The molecule has 1 aromatic rings. The lowest BCUT2D eigenvalue weighted by Gasteiger charge is -2.22. The maximum atomic E-state index is 12.8. The number of ether oxygens (including phenoxy) is 2. The summed E-state index contributed by atoms with van der Waals surface area (Å²) < 4.78 is 130. The molecule has 0 unspecified atom stereocenters. The van der Waals surface area contributed by atoms with Crippen molar-refractivity contribution < 1.29 is 53.4 Å². The van der Waals surface area contributed by atoms with E-state index in [1.165, 1.54) is 0 Å². The summed E-state index contributed by atoms with van der Waals surface area (Å²) in [5, 5.41) is 2.57. The largest absolute Gasteiger partial charge is 0.499 e. The Labute approximate surface area is 130 Å². The summed E-state index contributed by atoms with van der Waals surface area (Å²) in [6.07, 6.45) is -23.8. The van der Waals surface area contributed by atoms with Gasteiger partial charge >= 0.3 is 24.6 Å². The van der Waals surface area contributed by atoms with E-state index in [4.69, 9.17) is 5.53 Å². The van der Waals surface area contributed by atoms with Crippen LogP contribution in [-0.4, -0.2) is 24.6 Å². The highest BCUT2D eigenvalue weighted by atomic mass is 19.4. The first kappa shape index (κ1) is 20.5. The van der Waals surface area contributed by atoms with Crippen LogP contribution in [-0.2, 0) is 0 Å². The normalized spacial score (nSPS) is 13.2. The Morgan fingerprint density at radius 3 is 1.72 bits per heavy atom. The van der Waals surface area contributed by atoms with Gasteiger partial charge in [0.05, 0.1) is 5.69 Å². The van der Waals surface area contributed by atoms with Gasteiger partial charge in [-0.05, 0) is 23.7 Å². The van der Waals surface area contributed by atoms with Gasteiger partial charge in [0.15, 0.2) is 0 Å². The molecule has 5 nitrogen and oxygen atoms in total. The Bertz CT molecular complexity index is 678.